The summed E-state index contributed by atoms with van der Waals surface area (Å²) >= 11 is 23.9. The number of thiocarbonyl (C=S) groups is 1. The lowest BCUT2D eigenvalue weighted by Crippen LogP contribution is -2.60. The quantitative estimate of drug-likeness (QED) is 0.200. The van der Waals surface area contributed by atoms with Crippen molar-refractivity contribution in [2.75, 3.05) is 13.1 Å². The number of hydrogen-bond acceptors (Lipinski definition) is 5. The van der Waals surface area contributed by atoms with Crippen molar-refractivity contribution >= 4 is 63.7 Å². The zero-order chi connectivity index (χ0) is 24.6. The molecular weight excluding hydrogens is 525 g/mol. The highest BCUT2D eigenvalue weighted by atomic mass is 35.6. The van der Waals surface area contributed by atoms with Crippen LogP contribution in [0.15, 0.2) is 47.3 Å². The van der Waals surface area contributed by atoms with Gasteiger partial charge in [0.15, 0.2) is 5.11 Å². The van der Waals surface area contributed by atoms with Gasteiger partial charge in [-0.2, -0.15) is 0 Å². The zero-order valence-electron chi connectivity index (χ0n) is 17.6. The maximum absolute atomic E-state index is 12.7. The number of likely N-dealkylation sites (tertiary alicyclic amines) is 1. The molecule has 1 saturated heterocycles. The number of amides is 1. The number of nitrogens with one attached hydrogen (secondary N) is 2. The Morgan fingerprint density at radius 3 is 2.59 bits per heavy atom. The van der Waals surface area contributed by atoms with Crippen molar-refractivity contribution in [1.29, 1.82) is 0 Å². The lowest BCUT2D eigenvalue weighted by Gasteiger charge is -2.44. The van der Waals surface area contributed by atoms with Gasteiger partial charge in [0.25, 0.3) is 17.2 Å². The van der Waals surface area contributed by atoms with E-state index in [1.165, 1.54) is 18.2 Å². The first-order chi connectivity index (χ1) is 16.0. The molecule has 34 heavy (non-hydrogen) atoms. The SMILES string of the molecule is O=C(NC(NC(=S)N1C[C@H]2C[C@H](C1)c1cccc(=O)n1C2)C(Cl)(Cl)Cl)c1cccc([N+](=O)[O-])c1. The number of carbonyl (C=O) groups is 1. The molecule has 1 amide bonds. The normalized spacial score (nSPS) is 20.1. The van der Waals surface area contributed by atoms with Gasteiger partial charge in [0.2, 0.25) is 3.79 Å². The van der Waals surface area contributed by atoms with E-state index in [0.717, 1.165) is 18.2 Å². The van der Waals surface area contributed by atoms with Crippen LogP contribution in [0.2, 0.25) is 0 Å². The summed E-state index contributed by atoms with van der Waals surface area (Å²) in [5.74, 6) is -0.331. The minimum Gasteiger partial charge on any atom is -0.348 e. The van der Waals surface area contributed by atoms with Gasteiger partial charge in [-0.25, -0.2) is 0 Å². The van der Waals surface area contributed by atoms with E-state index < -0.39 is 20.8 Å². The number of halogens is 3. The number of fused-ring (bicyclic) bond motifs is 4. The maximum atomic E-state index is 12.7. The van der Waals surface area contributed by atoms with Gasteiger partial charge >= 0.3 is 0 Å². The number of alkyl halides is 3. The monoisotopic (exact) mass is 543 g/mol. The minimum absolute atomic E-state index is 0.0125. The van der Waals surface area contributed by atoms with Crippen molar-refractivity contribution in [3.05, 3.63) is 74.2 Å². The van der Waals surface area contributed by atoms with Crippen molar-refractivity contribution in [3.63, 3.8) is 0 Å². The van der Waals surface area contributed by atoms with Gasteiger partial charge in [-0.15, -0.1) is 0 Å². The fourth-order valence-corrected chi connectivity index (χ4v) is 5.05. The first kappa shape index (κ1) is 24.7. The smallest absolute Gasteiger partial charge is 0.270 e. The Kier molecular flexibility index (Phi) is 7.04. The van der Waals surface area contributed by atoms with Gasteiger partial charge in [-0.05, 0) is 36.7 Å². The van der Waals surface area contributed by atoms with E-state index in [4.69, 9.17) is 47.0 Å². The number of nitro groups is 1. The Bertz CT molecular complexity index is 1200. The highest BCUT2D eigenvalue weighted by Crippen LogP contribution is 2.35. The Morgan fingerprint density at radius 1 is 1.15 bits per heavy atom. The number of carbonyl (C=O) groups excluding carboxylic acids is 1. The number of non-ortho nitro benzene ring substituents is 1. The number of nitrogens with zero attached hydrogens (tertiary/aromatic N) is 3. The van der Waals surface area contributed by atoms with Gasteiger partial charge in [0, 0.05) is 55.0 Å². The van der Waals surface area contributed by atoms with E-state index >= 15 is 0 Å². The fourth-order valence-electron chi connectivity index (χ4n) is 4.45. The number of hydrogen-bond donors (Lipinski definition) is 2. The van der Waals surface area contributed by atoms with Crippen molar-refractivity contribution in [2.24, 2.45) is 5.92 Å². The third kappa shape index (κ3) is 5.30. The van der Waals surface area contributed by atoms with Crippen molar-refractivity contribution in [3.8, 4) is 0 Å². The first-order valence-corrected chi connectivity index (χ1v) is 11.9. The lowest BCUT2D eigenvalue weighted by molar-refractivity contribution is -0.384. The molecule has 0 saturated carbocycles. The van der Waals surface area contributed by atoms with Crippen LogP contribution in [0, 0.1) is 16.0 Å². The largest absolute Gasteiger partial charge is 0.348 e. The fraction of sp³-hybridized carbons (Fsp3) is 0.381. The second kappa shape index (κ2) is 9.69. The van der Waals surface area contributed by atoms with Gasteiger partial charge in [-0.3, -0.25) is 19.7 Å². The molecule has 3 atom stereocenters. The van der Waals surface area contributed by atoms with Crippen LogP contribution >= 0.6 is 47.0 Å². The molecule has 4 rings (SSSR count). The second-order valence-corrected chi connectivity index (χ2v) is 11.1. The summed E-state index contributed by atoms with van der Waals surface area (Å²) in [4.78, 5) is 37.3. The summed E-state index contributed by atoms with van der Waals surface area (Å²) < 4.78 is -0.151. The van der Waals surface area contributed by atoms with Crippen LogP contribution in [0.1, 0.15) is 28.4 Å². The average molecular weight is 545 g/mol. The van der Waals surface area contributed by atoms with E-state index in [-0.39, 0.29) is 33.8 Å². The summed E-state index contributed by atoms with van der Waals surface area (Å²) in [6.45, 7) is 1.77. The molecule has 9 nitrogen and oxygen atoms in total. The van der Waals surface area contributed by atoms with Crippen molar-refractivity contribution < 1.29 is 9.72 Å². The first-order valence-electron chi connectivity index (χ1n) is 10.4. The second-order valence-electron chi connectivity index (χ2n) is 8.31. The van der Waals surface area contributed by atoms with Gasteiger partial charge < -0.3 is 20.1 Å². The van der Waals surface area contributed by atoms with Gasteiger partial charge in [-0.1, -0.05) is 46.9 Å². The molecule has 1 unspecified atom stereocenters. The summed E-state index contributed by atoms with van der Waals surface area (Å²) in [6, 6.07) is 10.5. The highest BCUT2D eigenvalue weighted by Gasteiger charge is 2.39. The van der Waals surface area contributed by atoms with E-state index in [9.17, 15) is 19.7 Å². The molecule has 2 aliphatic rings. The zero-order valence-corrected chi connectivity index (χ0v) is 20.7. The molecule has 1 aromatic heterocycles. The number of pyridine rings is 1. The molecule has 2 N–H and O–H groups in total. The van der Waals surface area contributed by atoms with Crippen LogP contribution in [0.3, 0.4) is 0 Å². The molecule has 1 fully saturated rings. The topological polar surface area (TPSA) is 110 Å². The standard InChI is InChI=1S/C21H20Cl3N5O4S/c22-21(23,24)19(25-18(31)13-3-1-4-15(8-13)29(32)33)26-20(34)27-9-12-7-14(11-27)16-5-2-6-17(30)28(16)10-12/h1-6,8,12,14,19H,7,9-11H2,(H,25,31)(H,26,34)/t12-,14-,19?/m1/s1. The summed E-state index contributed by atoms with van der Waals surface area (Å²) in [5.41, 5.74) is 0.756. The molecule has 0 aliphatic carbocycles. The van der Waals surface area contributed by atoms with Crippen LogP contribution in [-0.2, 0) is 6.54 Å². The number of rotatable bonds is 4. The van der Waals surface area contributed by atoms with Crippen molar-refractivity contribution in [2.45, 2.75) is 28.8 Å². The van der Waals surface area contributed by atoms with Crippen LogP contribution in [0.25, 0.3) is 0 Å². The third-order valence-corrected chi connectivity index (χ3v) is 6.99. The summed E-state index contributed by atoms with van der Waals surface area (Å²) in [7, 11) is 0. The summed E-state index contributed by atoms with van der Waals surface area (Å²) in [6.07, 6.45) is -0.256. The Balaban J connectivity index is 1.47. The van der Waals surface area contributed by atoms with E-state index in [1.54, 1.807) is 12.1 Å². The third-order valence-electron chi connectivity index (χ3n) is 5.96. The van der Waals surface area contributed by atoms with Crippen LogP contribution in [0.4, 0.5) is 5.69 Å². The molecule has 13 heteroatoms. The van der Waals surface area contributed by atoms with Crippen LogP contribution in [0.5, 0.6) is 0 Å². The molecule has 1 aromatic carbocycles. The number of aromatic nitrogens is 1. The Labute approximate surface area is 215 Å². The predicted molar refractivity (Wildman–Crippen MR) is 133 cm³/mol. The number of piperidine rings is 1. The highest BCUT2D eigenvalue weighted by molar-refractivity contribution is 7.80. The number of nitro benzene ring substituents is 1. The van der Waals surface area contributed by atoms with Crippen molar-refractivity contribution in [1.82, 2.24) is 20.1 Å². The Morgan fingerprint density at radius 2 is 1.88 bits per heavy atom. The Hall–Kier alpha value is -2.40. The van der Waals surface area contributed by atoms with Gasteiger partial charge in [0.1, 0.15) is 6.17 Å². The minimum atomic E-state index is -1.97. The number of benzene rings is 1. The van der Waals surface area contributed by atoms with Crippen LogP contribution < -0.4 is 16.2 Å². The molecule has 0 spiro atoms. The molecule has 0 radical (unpaired) electrons. The predicted octanol–water partition coefficient (Wildman–Crippen LogP) is 3.18. The molecular formula is C21H20Cl3N5O4S. The molecule has 3 heterocycles. The molecule has 2 bridgehead atoms. The summed E-state index contributed by atoms with van der Waals surface area (Å²) in [5, 5.41) is 16.8. The average Bonchev–Trinajstić information content (AvgIpc) is 2.78. The molecule has 180 valence electrons. The lowest BCUT2D eigenvalue weighted by atomic mass is 9.83. The van der Waals surface area contributed by atoms with E-state index in [1.807, 2.05) is 15.5 Å². The van der Waals surface area contributed by atoms with E-state index in [0.29, 0.717) is 19.6 Å². The van der Waals surface area contributed by atoms with E-state index in [2.05, 4.69) is 10.6 Å². The molecule has 2 aromatic rings. The van der Waals surface area contributed by atoms with Crippen LogP contribution in [-0.4, -0.2) is 48.5 Å². The molecule has 2 aliphatic heterocycles. The van der Waals surface area contributed by atoms with Gasteiger partial charge in [0.05, 0.1) is 4.92 Å². The maximum Gasteiger partial charge on any atom is 0.270 e.